The number of fused-ring (bicyclic) bond motifs is 1. The highest BCUT2D eigenvalue weighted by atomic mass is 32.2. The molecular weight excluding hydrogens is 316 g/mol. The van der Waals surface area contributed by atoms with Gasteiger partial charge in [0.25, 0.3) is 0 Å². The number of hydrogen-bond donors (Lipinski definition) is 0. The van der Waals surface area contributed by atoms with Crippen molar-refractivity contribution < 1.29 is 9.47 Å². The SMILES string of the molecule is COCCSc1ncnc2scc(-c3ccc(OC)cc3)c12. The molecule has 0 spiro atoms. The predicted molar refractivity (Wildman–Crippen MR) is 92.0 cm³/mol. The van der Waals surface area contributed by atoms with Crippen molar-refractivity contribution in [3.05, 3.63) is 36.0 Å². The van der Waals surface area contributed by atoms with Crippen LogP contribution >= 0.6 is 23.1 Å². The topological polar surface area (TPSA) is 44.2 Å². The van der Waals surface area contributed by atoms with E-state index < -0.39 is 0 Å². The molecule has 0 saturated heterocycles. The van der Waals surface area contributed by atoms with Crippen molar-refractivity contribution in [1.29, 1.82) is 0 Å². The minimum absolute atomic E-state index is 0.707. The standard InChI is InChI=1S/C16H16N2O2S2/c1-19-7-8-21-15-14-13(9-22-16(14)18-10-17-15)11-3-5-12(20-2)6-4-11/h3-6,9-10H,7-8H2,1-2H3. The Balaban J connectivity index is 2.01. The highest BCUT2D eigenvalue weighted by Crippen LogP contribution is 2.38. The predicted octanol–water partition coefficient (Wildman–Crippen LogP) is 4.11. The number of nitrogens with zero attached hydrogens (tertiary/aromatic N) is 2. The summed E-state index contributed by atoms with van der Waals surface area (Å²) in [6, 6.07) is 8.08. The molecular formula is C16H16N2O2S2. The molecule has 22 heavy (non-hydrogen) atoms. The van der Waals surface area contributed by atoms with Gasteiger partial charge in [0, 0.05) is 23.8 Å². The van der Waals surface area contributed by atoms with Crippen molar-refractivity contribution in [2.75, 3.05) is 26.6 Å². The van der Waals surface area contributed by atoms with Crippen molar-refractivity contribution in [3.63, 3.8) is 0 Å². The third-order valence-corrected chi connectivity index (χ3v) is 5.10. The normalized spacial score (nSPS) is 11.0. The zero-order valence-electron chi connectivity index (χ0n) is 12.4. The highest BCUT2D eigenvalue weighted by molar-refractivity contribution is 7.99. The molecule has 2 aromatic heterocycles. The Bertz CT molecular complexity index is 756. The maximum absolute atomic E-state index is 5.22. The Morgan fingerprint density at radius 2 is 1.95 bits per heavy atom. The largest absolute Gasteiger partial charge is 0.497 e. The Kier molecular flexibility index (Phi) is 4.92. The minimum atomic E-state index is 0.707. The summed E-state index contributed by atoms with van der Waals surface area (Å²) in [4.78, 5) is 9.85. The smallest absolute Gasteiger partial charge is 0.128 e. The molecule has 0 unspecified atom stereocenters. The van der Waals surface area contributed by atoms with Crippen LogP contribution in [0.15, 0.2) is 41.0 Å². The zero-order chi connectivity index (χ0) is 15.4. The van der Waals surface area contributed by atoms with Gasteiger partial charge in [-0.1, -0.05) is 12.1 Å². The second-order valence-electron chi connectivity index (χ2n) is 4.58. The number of thiophene rings is 1. The van der Waals surface area contributed by atoms with Gasteiger partial charge in [-0.05, 0) is 17.7 Å². The highest BCUT2D eigenvalue weighted by Gasteiger charge is 2.13. The Labute approximate surface area is 137 Å². The second kappa shape index (κ2) is 7.09. The molecule has 0 bridgehead atoms. The number of aromatic nitrogens is 2. The summed E-state index contributed by atoms with van der Waals surface area (Å²) < 4.78 is 10.3. The van der Waals surface area contributed by atoms with Gasteiger partial charge in [-0.25, -0.2) is 9.97 Å². The maximum atomic E-state index is 5.22. The molecule has 0 fully saturated rings. The number of ether oxygens (including phenoxy) is 2. The van der Waals surface area contributed by atoms with Gasteiger partial charge in [-0.15, -0.1) is 23.1 Å². The summed E-state index contributed by atoms with van der Waals surface area (Å²) >= 11 is 3.35. The van der Waals surface area contributed by atoms with Gasteiger partial charge in [0.1, 0.15) is 21.9 Å². The summed E-state index contributed by atoms with van der Waals surface area (Å²) in [5.41, 5.74) is 2.32. The van der Waals surface area contributed by atoms with Gasteiger partial charge >= 0.3 is 0 Å². The monoisotopic (exact) mass is 332 g/mol. The van der Waals surface area contributed by atoms with E-state index in [1.807, 2.05) is 12.1 Å². The van der Waals surface area contributed by atoms with Crippen molar-refractivity contribution in [2.45, 2.75) is 5.03 Å². The summed E-state index contributed by atoms with van der Waals surface area (Å²) in [7, 11) is 3.39. The summed E-state index contributed by atoms with van der Waals surface area (Å²) in [5, 5.41) is 4.27. The molecule has 0 atom stereocenters. The molecule has 0 radical (unpaired) electrons. The first-order chi connectivity index (χ1) is 10.8. The molecule has 1 aromatic carbocycles. The minimum Gasteiger partial charge on any atom is -0.497 e. The number of hydrogen-bond acceptors (Lipinski definition) is 6. The van der Waals surface area contributed by atoms with Crippen LogP contribution in [-0.2, 0) is 4.74 Å². The molecule has 0 aliphatic rings. The van der Waals surface area contributed by atoms with E-state index in [4.69, 9.17) is 9.47 Å². The lowest BCUT2D eigenvalue weighted by atomic mass is 10.1. The first-order valence-electron chi connectivity index (χ1n) is 6.82. The molecule has 114 valence electrons. The van der Waals surface area contributed by atoms with Crippen LogP contribution in [0.5, 0.6) is 5.75 Å². The van der Waals surface area contributed by atoms with Crippen molar-refractivity contribution >= 4 is 33.3 Å². The van der Waals surface area contributed by atoms with Crippen LogP contribution in [0, 0.1) is 0 Å². The molecule has 0 amide bonds. The lowest BCUT2D eigenvalue weighted by Crippen LogP contribution is -1.93. The Morgan fingerprint density at radius 3 is 2.68 bits per heavy atom. The lowest BCUT2D eigenvalue weighted by molar-refractivity contribution is 0.218. The summed E-state index contributed by atoms with van der Waals surface area (Å²) in [5.74, 6) is 1.73. The molecule has 3 aromatic rings. The van der Waals surface area contributed by atoms with E-state index in [1.165, 1.54) is 5.56 Å². The van der Waals surface area contributed by atoms with E-state index in [-0.39, 0.29) is 0 Å². The molecule has 0 N–H and O–H groups in total. The van der Waals surface area contributed by atoms with Gasteiger partial charge in [0.15, 0.2) is 0 Å². The fourth-order valence-electron chi connectivity index (χ4n) is 2.16. The first kappa shape index (κ1) is 15.3. The average molecular weight is 332 g/mol. The first-order valence-corrected chi connectivity index (χ1v) is 8.68. The Morgan fingerprint density at radius 1 is 1.14 bits per heavy atom. The fourth-order valence-corrected chi connectivity index (χ4v) is 4.06. The van der Waals surface area contributed by atoms with Crippen LogP contribution in [0.4, 0.5) is 0 Å². The molecule has 4 nitrogen and oxygen atoms in total. The van der Waals surface area contributed by atoms with E-state index in [9.17, 15) is 0 Å². The van der Waals surface area contributed by atoms with Crippen LogP contribution in [0.3, 0.4) is 0 Å². The zero-order valence-corrected chi connectivity index (χ0v) is 14.0. The molecule has 0 aliphatic carbocycles. The number of rotatable bonds is 6. The van der Waals surface area contributed by atoms with E-state index in [0.717, 1.165) is 32.3 Å². The van der Waals surface area contributed by atoms with E-state index >= 15 is 0 Å². The van der Waals surface area contributed by atoms with Crippen molar-refractivity contribution in [1.82, 2.24) is 9.97 Å². The Hall–Kier alpha value is -1.63. The van der Waals surface area contributed by atoms with Crippen LogP contribution in [0.2, 0.25) is 0 Å². The number of benzene rings is 1. The molecule has 0 saturated carbocycles. The van der Waals surface area contributed by atoms with E-state index in [1.54, 1.807) is 43.6 Å². The van der Waals surface area contributed by atoms with E-state index in [2.05, 4.69) is 27.5 Å². The van der Waals surface area contributed by atoms with Gasteiger partial charge in [-0.3, -0.25) is 0 Å². The maximum Gasteiger partial charge on any atom is 0.128 e. The van der Waals surface area contributed by atoms with E-state index in [0.29, 0.717) is 6.61 Å². The van der Waals surface area contributed by atoms with Gasteiger partial charge in [0.2, 0.25) is 0 Å². The second-order valence-corrected chi connectivity index (χ2v) is 6.52. The van der Waals surface area contributed by atoms with Crippen molar-refractivity contribution in [2.24, 2.45) is 0 Å². The van der Waals surface area contributed by atoms with Crippen LogP contribution in [-0.4, -0.2) is 36.5 Å². The van der Waals surface area contributed by atoms with Gasteiger partial charge in [-0.2, -0.15) is 0 Å². The third kappa shape index (κ3) is 3.09. The number of methoxy groups -OCH3 is 2. The molecule has 0 aliphatic heterocycles. The van der Waals surface area contributed by atoms with Crippen LogP contribution in [0.1, 0.15) is 0 Å². The fraction of sp³-hybridized carbons (Fsp3) is 0.250. The molecule has 6 heteroatoms. The van der Waals surface area contributed by atoms with Gasteiger partial charge < -0.3 is 9.47 Å². The average Bonchev–Trinajstić information content (AvgIpc) is 3.00. The lowest BCUT2D eigenvalue weighted by Gasteiger charge is -2.06. The molecule has 3 rings (SSSR count). The molecule has 2 heterocycles. The third-order valence-electron chi connectivity index (χ3n) is 3.26. The number of thioether (sulfide) groups is 1. The van der Waals surface area contributed by atoms with Gasteiger partial charge in [0.05, 0.1) is 19.1 Å². The van der Waals surface area contributed by atoms with Crippen LogP contribution in [0.25, 0.3) is 21.3 Å². The van der Waals surface area contributed by atoms with Crippen molar-refractivity contribution in [3.8, 4) is 16.9 Å². The van der Waals surface area contributed by atoms with Crippen LogP contribution < -0.4 is 4.74 Å². The quantitative estimate of drug-likeness (QED) is 0.386. The summed E-state index contributed by atoms with van der Waals surface area (Å²) in [6.45, 7) is 0.707. The summed E-state index contributed by atoms with van der Waals surface area (Å²) in [6.07, 6.45) is 1.63.